The molecule has 28 heavy (non-hydrogen) atoms. The van der Waals surface area contributed by atoms with Crippen molar-refractivity contribution < 1.29 is 13.9 Å². The molecule has 3 aromatic heterocycles. The number of aromatic nitrogens is 3. The van der Waals surface area contributed by atoms with Crippen molar-refractivity contribution in [2.24, 2.45) is 0 Å². The first-order valence-corrected chi connectivity index (χ1v) is 9.22. The van der Waals surface area contributed by atoms with Crippen LogP contribution in [0.1, 0.15) is 16.1 Å². The minimum atomic E-state index is -0.223. The van der Waals surface area contributed by atoms with Crippen molar-refractivity contribution in [1.29, 1.82) is 0 Å². The first kappa shape index (κ1) is 18.1. The molecule has 1 fully saturated rings. The molecule has 8 heteroatoms. The van der Waals surface area contributed by atoms with E-state index in [0.29, 0.717) is 43.4 Å². The number of carbonyl (C=O) groups is 1. The molecule has 0 aliphatic carbocycles. The van der Waals surface area contributed by atoms with E-state index in [4.69, 9.17) is 9.15 Å². The van der Waals surface area contributed by atoms with Crippen molar-refractivity contribution in [3.8, 4) is 11.3 Å². The van der Waals surface area contributed by atoms with Crippen LogP contribution in [0, 0.1) is 0 Å². The van der Waals surface area contributed by atoms with Crippen LogP contribution in [-0.4, -0.2) is 53.7 Å². The lowest BCUT2D eigenvalue weighted by molar-refractivity contribution is 0.0953. The first-order chi connectivity index (χ1) is 13.8. The largest absolute Gasteiger partial charge is 0.469 e. The number of nitrogens with zero attached hydrogens (tertiary/aromatic N) is 4. The van der Waals surface area contributed by atoms with E-state index in [1.807, 2.05) is 24.3 Å². The number of morpholine rings is 1. The van der Waals surface area contributed by atoms with Gasteiger partial charge in [-0.15, -0.1) is 0 Å². The summed E-state index contributed by atoms with van der Waals surface area (Å²) in [5.41, 5.74) is 1.76. The number of furan rings is 1. The highest BCUT2D eigenvalue weighted by molar-refractivity contribution is 5.99. The summed E-state index contributed by atoms with van der Waals surface area (Å²) in [4.78, 5) is 28.1. The molecule has 0 bridgehead atoms. The van der Waals surface area contributed by atoms with Gasteiger partial charge in [0.05, 0.1) is 30.7 Å². The highest BCUT2D eigenvalue weighted by atomic mass is 16.5. The van der Waals surface area contributed by atoms with Gasteiger partial charge in [0.2, 0.25) is 5.95 Å². The molecule has 0 spiro atoms. The fourth-order valence-corrected chi connectivity index (χ4v) is 3.03. The second kappa shape index (κ2) is 8.62. The van der Waals surface area contributed by atoms with E-state index in [0.717, 1.165) is 24.4 Å². The third kappa shape index (κ3) is 4.17. The maximum absolute atomic E-state index is 12.8. The minimum absolute atomic E-state index is 0.223. The van der Waals surface area contributed by atoms with Crippen LogP contribution in [0.5, 0.6) is 0 Å². The summed E-state index contributed by atoms with van der Waals surface area (Å²) in [6.45, 7) is 3.19. The molecule has 4 rings (SSSR count). The molecule has 1 N–H and O–H groups in total. The fourth-order valence-electron chi connectivity index (χ4n) is 3.03. The third-order valence-corrected chi connectivity index (χ3v) is 4.49. The van der Waals surface area contributed by atoms with Gasteiger partial charge in [-0.25, -0.2) is 9.97 Å². The molecule has 4 heterocycles. The van der Waals surface area contributed by atoms with Crippen molar-refractivity contribution in [1.82, 2.24) is 20.3 Å². The molecule has 1 amide bonds. The van der Waals surface area contributed by atoms with E-state index in [1.54, 1.807) is 24.9 Å². The number of amides is 1. The van der Waals surface area contributed by atoms with Crippen LogP contribution in [0.2, 0.25) is 0 Å². The average molecular weight is 379 g/mol. The molecule has 144 valence electrons. The zero-order valence-corrected chi connectivity index (χ0v) is 15.4. The second-order valence-corrected chi connectivity index (χ2v) is 6.36. The van der Waals surface area contributed by atoms with Gasteiger partial charge in [0.15, 0.2) is 0 Å². The van der Waals surface area contributed by atoms with Gasteiger partial charge in [-0.3, -0.25) is 9.78 Å². The van der Waals surface area contributed by atoms with E-state index >= 15 is 0 Å². The van der Waals surface area contributed by atoms with Crippen LogP contribution >= 0.6 is 0 Å². The number of ether oxygens (including phenoxy) is 1. The van der Waals surface area contributed by atoms with Crippen molar-refractivity contribution in [3.05, 3.63) is 60.4 Å². The topological polar surface area (TPSA) is 93.4 Å². The Labute approximate surface area is 162 Å². The van der Waals surface area contributed by atoms with Crippen molar-refractivity contribution >= 4 is 11.9 Å². The number of hydrogen-bond donors (Lipinski definition) is 1. The van der Waals surface area contributed by atoms with E-state index in [9.17, 15) is 4.79 Å². The number of hydrogen-bond acceptors (Lipinski definition) is 7. The normalized spacial score (nSPS) is 14.1. The summed E-state index contributed by atoms with van der Waals surface area (Å²) >= 11 is 0. The lowest BCUT2D eigenvalue weighted by Gasteiger charge is -2.27. The summed E-state index contributed by atoms with van der Waals surface area (Å²) in [5, 5.41) is 2.91. The van der Waals surface area contributed by atoms with Crippen LogP contribution in [0.4, 0.5) is 5.95 Å². The van der Waals surface area contributed by atoms with E-state index in [2.05, 4.69) is 25.2 Å². The van der Waals surface area contributed by atoms with Crippen molar-refractivity contribution in [2.75, 3.05) is 37.7 Å². The third-order valence-electron chi connectivity index (χ3n) is 4.49. The summed E-state index contributed by atoms with van der Waals surface area (Å²) < 4.78 is 10.7. The second-order valence-electron chi connectivity index (χ2n) is 6.36. The lowest BCUT2D eigenvalue weighted by atomic mass is 10.1. The monoisotopic (exact) mass is 379 g/mol. The smallest absolute Gasteiger partial charge is 0.255 e. The van der Waals surface area contributed by atoms with Crippen LogP contribution in [0.3, 0.4) is 0 Å². The number of carbonyl (C=O) groups excluding carboxylic acids is 1. The number of rotatable bonds is 6. The standard InChI is InChI=1S/C20H21N5O3/c26-19(22-7-5-16-4-2-10-28-16)17-14-23-20(25-8-11-27-12-9-25)24-18(17)15-3-1-6-21-13-15/h1-4,6,10,13-14H,5,7-9,11-12H2,(H,22,26). The predicted molar refractivity (Wildman–Crippen MR) is 103 cm³/mol. The molecular weight excluding hydrogens is 358 g/mol. The van der Waals surface area contributed by atoms with Crippen LogP contribution < -0.4 is 10.2 Å². The maximum Gasteiger partial charge on any atom is 0.255 e. The van der Waals surface area contributed by atoms with Crippen LogP contribution in [-0.2, 0) is 11.2 Å². The summed E-state index contributed by atoms with van der Waals surface area (Å²) in [7, 11) is 0. The van der Waals surface area contributed by atoms with Gasteiger partial charge in [-0.1, -0.05) is 0 Å². The molecule has 8 nitrogen and oxygen atoms in total. The number of pyridine rings is 1. The van der Waals surface area contributed by atoms with E-state index in [-0.39, 0.29) is 5.91 Å². The van der Waals surface area contributed by atoms with Gasteiger partial charge in [-0.2, -0.15) is 0 Å². The summed E-state index contributed by atoms with van der Waals surface area (Å²) in [6.07, 6.45) is 7.22. The predicted octanol–water partition coefficient (Wildman–Crippen LogP) is 1.94. The van der Waals surface area contributed by atoms with E-state index in [1.165, 1.54) is 0 Å². The zero-order chi connectivity index (χ0) is 19.2. The molecule has 1 aliphatic heterocycles. The molecular formula is C20H21N5O3. The lowest BCUT2D eigenvalue weighted by Crippen LogP contribution is -2.37. The van der Waals surface area contributed by atoms with Gasteiger partial charge in [0.25, 0.3) is 5.91 Å². The Balaban J connectivity index is 1.57. The summed E-state index contributed by atoms with van der Waals surface area (Å²) in [5.74, 6) is 1.19. The summed E-state index contributed by atoms with van der Waals surface area (Å²) in [6, 6.07) is 7.42. The SMILES string of the molecule is O=C(NCCc1ccco1)c1cnc(N2CCOCC2)nc1-c1cccnc1. The fraction of sp³-hybridized carbons (Fsp3) is 0.300. The maximum atomic E-state index is 12.8. The number of anilines is 1. The molecule has 1 aliphatic rings. The minimum Gasteiger partial charge on any atom is -0.469 e. The van der Waals surface area contributed by atoms with Gasteiger partial charge in [0.1, 0.15) is 5.76 Å². The Bertz CT molecular complexity index is 909. The first-order valence-electron chi connectivity index (χ1n) is 9.22. The molecule has 3 aromatic rings. The van der Waals surface area contributed by atoms with Crippen LogP contribution in [0.15, 0.2) is 53.5 Å². The highest BCUT2D eigenvalue weighted by Crippen LogP contribution is 2.23. The molecule has 1 saturated heterocycles. The van der Waals surface area contributed by atoms with Gasteiger partial charge in [0, 0.05) is 50.2 Å². The highest BCUT2D eigenvalue weighted by Gasteiger charge is 2.20. The van der Waals surface area contributed by atoms with Gasteiger partial charge >= 0.3 is 0 Å². The molecule has 0 aromatic carbocycles. The van der Waals surface area contributed by atoms with Gasteiger partial charge in [-0.05, 0) is 24.3 Å². The Morgan fingerprint density at radius 3 is 2.82 bits per heavy atom. The molecule has 0 unspecified atom stereocenters. The quantitative estimate of drug-likeness (QED) is 0.699. The van der Waals surface area contributed by atoms with Crippen LogP contribution in [0.25, 0.3) is 11.3 Å². The average Bonchev–Trinajstić information content (AvgIpc) is 3.28. The molecule has 0 atom stereocenters. The molecule has 0 saturated carbocycles. The Morgan fingerprint density at radius 2 is 2.07 bits per heavy atom. The Kier molecular flexibility index (Phi) is 5.58. The van der Waals surface area contributed by atoms with Crippen molar-refractivity contribution in [2.45, 2.75) is 6.42 Å². The number of nitrogens with one attached hydrogen (secondary N) is 1. The zero-order valence-electron chi connectivity index (χ0n) is 15.4. The Morgan fingerprint density at radius 1 is 1.18 bits per heavy atom. The van der Waals surface area contributed by atoms with E-state index < -0.39 is 0 Å². The van der Waals surface area contributed by atoms with Gasteiger partial charge < -0.3 is 19.4 Å². The van der Waals surface area contributed by atoms with Crippen molar-refractivity contribution in [3.63, 3.8) is 0 Å². The Hall–Kier alpha value is -3.26. The molecule has 0 radical (unpaired) electrons.